The van der Waals surface area contributed by atoms with E-state index in [0.29, 0.717) is 10.2 Å². The minimum Gasteiger partial charge on any atom is -0.489 e. The first kappa shape index (κ1) is 16.1. The van der Waals surface area contributed by atoms with E-state index in [-0.39, 0.29) is 10.8 Å². The summed E-state index contributed by atoms with van der Waals surface area (Å²) in [5, 5.41) is 9.00. The summed E-state index contributed by atoms with van der Waals surface area (Å²) in [6.07, 6.45) is 0. The summed E-state index contributed by atoms with van der Waals surface area (Å²) in [5.74, 6) is -9.99. The molecule has 122 valence electrons. The Hall–Kier alpha value is -2.73. The van der Waals surface area contributed by atoms with E-state index < -0.39 is 41.3 Å². The number of benzene rings is 2. The summed E-state index contributed by atoms with van der Waals surface area (Å²) in [6, 6.07) is 6.26. The van der Waals surface area contributed by atoms with Crippen LogP contribution in [0.1, 0.15) is 10.6 Å². The fourth-order valence-corrected chi connectivity index (χ4v) is 2.77. The second-order valence-electron chi connectivity index (χ2n) is 4.60. The number of hydrogen-bond acceptors (Lipinski definition) is 4. The normalized spacial score (nSPS) is 10.8. The summed E-state index contributed by atoms with van der Waals surface area (Å²) >= 11 is 1.08. The van der Waals surface area contributed by atoms with E-state index in [1.807, 2.05) is 6.07 Å². The molecule has 0 saturated carbocycles. The maximum Gasteiger partial charge on any atom is 0.200 e. The maximum absolute atomic E-state index is 13.6. The highest BCUT2D eigenvalue weighted by Crippen LogP contribution is 2.28. The molecule has 3 rings (SSSR count). The highest BCUT2D eigenvalue weighted by atomic mass is 32.1. The molecule has 1 aromatic heterocycles. The molecule has 3 nitrogen and oxygen atoms in total. The molecule has 0 aliphatic heterocycles. The molecule has 3 aromatic rings. The third-order valence-electron chi connectivity index (χ3n) is 3.14. The Morgan fingerprint density at radius 2 is 1.62 bits per heavy atom. The smallest absolute Gasteiger partial charge is 0.200 e. The molecule has 9 heteroatoms. The number of hydrogen-bond donors (Lipinski definition) is 0. The van der Waals surface area contributed by atoms with Crippen molar-refractivity contribution in [3.63, 3.8) is 0 Å². The van der Waals surface area contributed by atoms with E-state index in [1.54, 1.807) is 0 Å². The molecule has 2 aromatic carbocycles. The molecule has 0 atom stereocenters. The number of fused-ring (bicyclic) bond motifs is 1. The number of aromatic nitrogens is 1. The van der Waals surface area contributed by atoms with Gasteiger partial charge in [0, 0.05) is 0 Å². The van der Waals surface area contributed by atoms with Gasteiger partial charge in [-0.1, -0.05) is 0 Å². The molecule has 0 aliphatic rings. The number of rotatable bonds is 3. The van der Waals surface area contributed by atoms with Crippen molar-refractivity contribution in [1.29, 1.82) is 5.26 Å². The number of nitrogens with zero attached hydrogens (tertiary/aromatic N) is 2. The number of halogens is 5. The van der Waals surface area contributed by atoms with Crippen LogP contribution in [0.15, 0.2) is 18.2 Å². The Morgan fingerprint density at radius 1 is 1.00 bits per heavy atom. The summed E-state index contributed by atoms with van der Waals surface area (Å²) in [6.45, 7) is -0.846. The Kier molecular flexibility index (Phi) is 4.07. The van der Waals surface area contributed by atoms with E-state index >= 15 is 0 Å². The molecule has 0 fully saturated rings. The monoisotopic (exact) mass is 356 g/mol. The van der Waals surface area contributed by atoms with Crippen LogP contribution in [0.4, 0.5) is 22.0 Å². The SMILES string of the molecule is N#Cc1nc2ccc(OCc3c(F)c(F)c(F)c(F)c3F)cc2s1. The van der Waals surface area contributed by atoms with Gasteiger partial charge in [-0.25, -0.2) is 26.9 Å². The van der Waals surface area contributed by atoms with E-state index in [9.17, 15) is 22.0 Å². The minimum atomic E-state index is -2.22. The molecule has 1 heterocycles. The quantitative estimate of drug-likeness (QED) is 0.396. The first-order valence-electron chi connectivity index (χ1n) is 6.36. The number of nitriles is 1. The second-order valence-corrected chi connectivity index (χ2v) is 5.63. The Labute approximate surface area is 135 Å². The van der Waals surface area contributed by atoms with Crippen LogP contribution in [0.5, 0.6) is 5.75 Å². The zero-order valence-corrected chi connectivity index (χ0v) is 12.4. The zero-order valence-electron chi connectivity index (χ0n) is 11.5. The lowest BCUT2D eigenvalue weighted by Crippen LogP contribution is -2.09. The Morgan fingerprint density at radius 3 is 2.25 bits per heavy atom. The van der Waals surface area contributed by atoms with E-state index in [4.69, 9.17) is 10.00 Å². The predicted octanol–water partition coefficient (Wildman–Crippen LogP) is 4.44. The molecular formula is C15H5F5N2OS. The fraction of sp³-hybridized carbons (Fsp3) is 0.0667. The van der Waals surface area contributed by atoms with Crippen LogP contribution in [0, 0.1) is 40.4 Å². The maximum atomic E-state index is 13.6. The van der Waals surface area contributed by atoms with Crippen molar-refractivity contribution >= 4 is 21.6 Å². The van der Waals surface area contributed by atoms with Crippen LogP contribution in [0.25, 0.3) is 10.2 Å². The lowest BCUT2D eigenvalue weighted by molar-refractivity contribution is 0.279. The van der Waals surface area contributed by atoms with Crippen molar-refractivity contribution in [2.24, 2.45) is 0 Å². The summed E-state index contributed by atoms with van der Waals surface area (Å²) < 4.78 is 72.0. The van der Waals surface area contributed by atoms with Gasteiger partial charge in [-0.15, -0.1) is 11.3 Å². The van der Waals surface area contributed by atoms with Gasteiger partial charge in [-0.2, -0.15) is 5.26 Å². The number of thiazole rings is 1. The minimum absolute atomic E-state index is 0.139. The largest absolute Gasteiger partial charge is 0.489 e. The van der Waals surface area contributed by atoms with Gasteiger partial charge < -0.3 is 4.74 Å². The predicted molar refractivity (Wildman–Crippen MR) is 74.9 cm³/mol. The van der Waals surface area contributed by atoms with Crippen molar-refractivity contribution in [3.05, 3.63) is 57.9 Å². The lowest BCUT2D eigenvalue weighted by atomic mass is 10.2. The molecule has 0 aliphatic carbocycles. The van der Waals surface area contributed by atoms with Gasteiger partial charge >= 0.3 is 0 Å². The molecule has 0 spiro atoms. The van der Waals surface area contributed by atoms with Gasteiger partial charge in [0.1, 0.15) is 18.4 Å². The van der Waals surface area contributed by atoms with Crippen LogP contribution >= 0.6 is 11.3 Å². The Balaban J connectivity index is 1.90. The first-order chi connectivity index (χ1) is 11.4. The summed E-state index contributed by atoms with van der Waals surface area (Å²) in [4.78, 5) is 3.99. The third-order valence-corrected chi connectivity index (χ3v) is 4.06. The fourth-order valence-electron chi connectivity index (χ4n) is 1.98. The van der Waals surface area contributed by atoms with E-state index in [1.165, 1.54) is 18.2 Å². The average Bonchev–Trinajstić information content (AvgIpc) is 3.00. The van der Waals surface area contributed by atoms with Crippen LogP contribution in [0.3, 0.4) is 0 Å². The van der Waals surface area contributed by atoms with Crippen LogP contribution in [-0.2, 0) is 6.61 Å². The van der Waals surface area contributed by atoms with Crippen LogP contribution in [0.2, 0.25) is 0 Å². The topological polar surface area (TPSA) is 45.9 Å². The third kappa shape index (κ3) is 2.65. The lowest BCUT2D eigenvalue weighted by Gasteiger charge is -2.10. The van der Waals surface area contributed by atoms with E-state index in [0.717, 1.165) is 11.3 Å². The molecular weight excluding hydrogens is 351 g/mol. The highest BCUT2D eigenvalue weighted by Gasteiger charge is 2.25. The van der Waals surface area contributed by atoms with Gasteiger partial charge in [0.25, 0.3) is 0 Å². The second kappa shape index (κ2) is 6.05. The van der Waals surface area contributed by atoms with Crippen molar-refractivity contribution in [3.8, 4) is 11.8 Å². The molecule has 0 N–H and O–H groups in total. The van der Waals surface area contributed by atoms with Crippen LogP contribution in [-0.4, -0.2) is 4.98 Å². The van der Waals surface area contributed by atoms with Gasteiger partial charge in [0.05, 0.1) is 15.8 Å². The average molecular weight is 356 g/mol. The van der Waals surface area contributed by atoms with Crippen molar-refractivity contribution < 1.29 is 26.7 Å². The van der Waals surface area contributed by atoms with Gasteiger partial charge in [0.2, 0.25) is 5.82 Å². The molecule has 24 heavy (non-hydrogen) atoms. The standard InChI is InChI=1S/C15H5F5N2OS/c16-11-7(12(17)14(19)15(20)13(11)18)5-23-6-1-2-8-9(3-6)24-10(4-21)22-8/h1-3H,5H2. The Bertz CT molecular complexity index is 967. The number of ether oxygens (including phenoxy) is 1. The molecule has 0 radical (unpaired) electrons. The van der Waals surface area contributed by atoms with Gasteiger partial charge in [-0.3, -0.25) is 0 Å². The molecule has 0 amide bonds. The molecule has 0 bridgehead atoms. The highest BCUT2D eigenvalue weighted by molar-refractivity contribution is 7.19. The summed E-state index contributed by atoms with van der Waals surface area (Å²) in [7, 11) is 0. The molecule has 0 unspecified atom stereocenters. The van der Waals surface area contributed by atoms with Crippen molar-refractivity contribution in [2.75, 3.05) is 0 Å². The summed E-state index contributed by atoms with van der Waals surface area (Å²) in [5.41, 5.74) is -0.534. The van der Waals surface area contributed by atoms with E-state index in [2.05, 4.69) is 4.98 Å². The van der Waals surface area contributed by atoms with Gasteiger partial charge in [0.15, 0.2) is 28.3 Å². The zero-order chi connectivity index (χ0) is 17.4. The molecule has 0 saturated heterocycles. The van der Waals surface area contributed by atoms with Crippen molar-refractivity contribution in [2.45, 2.75) is 6.61 Å². The van der Waals surface area contributed by atoms with Gasteiger partial charge in [-0.05, 0) is 18.2 Å². The van der Waals surface area contributed by atoms with Crippen LogP contribution < -0.4 is 4.74 Å². The van der Waals surface area contributed by atoms with Crippen molar-refractivity contribution in [1.82, 2.24) is 4.98 Å². The first-order valence-corrected chi connectivity index (χ1v) is 7.17.